The average Bonchev–Trinajstić information content (AvgIpc) is 2.69. The first-order valence-electron chi connectivity index (χ1n) is 6.98. The Kier molecular flexibility index (Phi) is 5.24. The van der Waals surface area contributed by atoms with Gasteiger partial charge in [-0.1, -0.05) is 24.4 Å². The number of amides is 1. The van der Waals surface area contributed by atoms with Crippen LogP contribution in [0.3, 0.4) is 0 Å². The van der Waals surface area contributed by atoms with E-state index in [1.165, 1.54) is 29.4 Å². The van der Waals surface area contributed by atoms with Crippen molar-refractivity contribution in [3.05, 3.63) is 23.2 Å². The molecule has 1 N–H and O–H groups in total. The van der Waals surface area contributed by atoms with Crippen LogP contribution in [0.1, 0.15) is 32.6 Å². The van der Waals surface area contributed by atoms with Gasteiger partial charge in [0.25, 0.3) is 0 Å². The lowest BCUT2D eigenvalue weighted by atomic mass is 10.2. The van der Waals surface area contributed by atoms with Crippen molar-refractivity contribution in [2.75, 3.05) is 18.4 Å². The van der Waals surface area contributed by atoms with Gasteiger partial charge in [-0.25, -0.2) is 8.42 Å². The van der Waals surface area contributed by atoms with E-state index in [9.17, 15) is 13.2 Å². The van der Waals surface area contributed by atoms with Crippen LogP contribution in [-0.4, -0.2) is 31.7 Å². The van der Waals surface area contributed by atoms with Crippen LogP contribution in [0.5, 0.6) is 0 Å². The maximum absolute atomic E-state index is 12.6. The molecule has 0 aliphatic carbocycles. The van der Waals surface area contributed by atoms with E-state index in [0.717, 1.165) is 25.7 Å². The predicted molar refractivity (Wildman–Crippen MR) is 83.0 cm³/mol. The van der Waals surface area contributed by atoms with Crippen molar-refractivity contribution < 1.29 is 13.2 Å². The minimum atomic E-state index is -3.52. The maximum atomic E-state index is 12.6. The molecule has 1 saturated heterocycles. The zero-order valence-electron chi connectivity index (χ0n) is 11.9. The Bertz CT molecular complexity index is 623. The molecule has 0 unspecified atom stereocenters. The van der Waals surface area contributed by atoms with E-state index < -0.39 is 10.0 Å². The van der Waals surface area contributed by atoms with Crippen LogP contribution in [0.15, 0.2) is 23.1 Å². The van der Waals surface area contributed by atoms with Crippen LogP contribution >= 0.6 is 11.6 Å². The summed E-state index contributed by atoms with van der Waals surface area (Å²) in [5.41, 5.74) is 0.416. The number of anilines is 1. The molecule has 0 aromatic heterocycles. The molecular weight excluding hydrogens is 312 g/mol. The number of carbonyl (C=O) groups is 1. The van der Waals surface area contributed by atoms with Crippen LogP contribution in [-0.2, 0) is 14.8 Å². The first-order valence-corrected chi connectivity index (χ1v) is 8.80. The quantitative estimate of drug-likeness (QED) is 0.926. The Hall–Kier alpha value is -1.11. The molecule has 0 saturated carbocycles. The zero-order chi connectivity index (χ0) is 15.5. The lowest BCUT2D eigenvalue weighted by molar-refractivity contribution is -0.114. The van der Waals surface area contributed by atoms with Crippen LogP contribution in [0.4, 0.5) is 5.69 Å². The molecule has 0 spiro atoms. The highest BCUT2D eigenvalue weighted by atomic mass is 35.5. The van der Waals surface area contributed by atoms with Crippen LogP contribution in [0.2, 0.25) is 5.02 Å². The second kappa shape index (κ2) is 6.77. The summed E-state index contributed by atoms with van der Waals surface area (Å²) in [7, 11) is -3.52. The standard InChI is InChI=1S/C14H19ClN2O3S/c1-11(18)16-14-7-6-12(10-13(14)15)21(19,20)17-8-4-2-3-5-9-17/h6-7,10H,2-5,8-9H2,1H3,(H,16,18). The molecule has 1 amide bonds. The van der Waals surface area contributed by atoms with E-state index in [-0.39, 0.29) is 15.8 Å². The number of hydrogen-bond donors (Lipinski definition) is 1. The Balaban J connectivity index is 2.27. The van der Waals surface area contributed by atoms with Gasteiger partial charge in [0.1, 0.15) is 0 Å². The molecule has 1 aromatic rings. The van der Waals surface area contributed by atoms with E-state index in [2.05, 4.69) is 5.32 Å². The smallest absolute Gasteiger partial charge is 0.243 e. The number of nitrogens with one attached hydrogen (secondary N) is 1. The molecule has 21 heavy (non-hydrogen) atoms. The van der Waals surface area contributed by atoms with Gasteiger partial charge in [-0.3, -0.25) is 4.79 Å². The molecule has 2 rings (SSSR count). The summed E-state index contributed by atoms with van der Waals surface area (Å²) in [6.45, 7) is 2.47. The van der Waals surface area contributed by atoms with Gasteiger partial charge in [0.15, 0.2) is 0 Å². The van der Waals surface area contributed by atoms with Gasteiger partial charge >= 0.3 is 0 Å². The molecule has 5 nitrogen and oxygen atoms in total. The Morgan fingerprint density at radius 1 is 1.19 bits per heavy atom. The van der Waals surface area contributed by atoms with E-state index in [1.54, 1.807) is 0 Å². The Morgan fingerprint density at radius 3 is 2.33 bits per heavy atom. The molecule has 1 aliphatic rings. The molecule has 116 valence electrons. The first-order chi connectivity index (χ1) is 9.91. The second-order valence-electron chi connectivity index (χ2n) is 5.14. The number of carbonyl (C=O) groups excluding carboxylic acids is 1. The summed E-state index contributed by atoms with van der Waals surface area (Å²) < 4.78 is 26.7. The van der Waals surface area contributed by atoms with E-state index in [1.807, 2.05) is 0 Å². The third kappa shape index (κ3) is 3.96. The lowest BCUT2D eigenvalue weighted by Gasteiger charge is -2.20. The molecular formula is C14H19ClN2O3S. The number of benzene rings is 1. The number of rotatable bonds is 3. The van der Waals surface area contributed by atoms with Gasteiger partial charge in [0, 0.05) is 20.0 Å². The highest BCUT2D eigenvalue weighted by Gasteiger charge is 2.25. The summed E-state index contributed by atoms with van der Waals surface area (Å²) in [6, 6.07) is 4.40. The van der Waals surface area contributed by atoms with Gasteiger partial charge in [0.2, 0.25) is 15.9 Å². The molecule has 0 bridgehead atoms. The third-order valence-electron chi connectivity index (χ3n) is 3.45. The van der Waals surface area contributed by atoms with Crippen LogP contribution in [0.25, 0.3) is 0 Å². The van der Waals surface area contributed by atoms with Crippen LogP contribution < -0.4 is 5.32 Å². The van der Waals surface area contributed by atoms with Crippen molar-refractivity contribution >= 4 is 33.2 Å². The normalized spacial score (nSPS) is 17.2. The fourth-order valence-corrected chi connectivity index (χ4v) is 4.21. The number of sulfonamides is 1. The summed E-state index contributed by atoms with van der Waals surface area (Å²) in [5.74, 6) is -0.250. The first kappa shape index (κ1) is 16.3. The number of halogens is 1. The summed E-state index contributed by atoms with van der Waals surface area (Å²) in [4.78, 5) is 11.2. The average molecular weight is 331 g/mol. The van der Waals surface area contributed by atoms with Crippen molar-refractivity contribution in [3.63, 3.8) is 0 Å². The summed E-state index contributed by atoms with van der Waals surface area (Å²) in [5, 5.41) is 2.79. The van der Waals surface area contributed by atoms with E-state index in [4.69, 9.17) is 11.6 Å². The highest BCUT2D eigenvalue weighted by Crippen LogP contribution is 2.28. The van der Waals surface area contributed by atoms with Gasteiger partial charge in [-0.2, -0.15) is 4.31 Å². The lowest BCUT2D eigenvalue weighted by Crippen LogP contribution is -2.31. The molecule has 0 radical (unpaired) electrons. The molecule has 0 atom stereocenters. The number of hydrogen-bond acceptors (Lipinski definition) is 3. The van der Waals surface area contributed by atoms with Gasteiger partial charge < -0.3 is 5.32 Å². The maximum Gasteiger partial charge on any atom is 0.243 e. The molecule has 1 aliphatic heterocycles. The van der Waals surface area contributed by atoms with Gasteiger partial charge in [-0.05, 0) is 31.0 Å². The third-order valence-corrected chi connectivity index (χ3v) is 5.66. The largest absolute Gasteiger partial charge is 0.325 e. The SMILES string of the molecule is CC(=O)Nc1ccc(S(=O)(=O)N2CCCCCC2)cc1Cl. The highest BCUT2D eigenvalue weighted by molar-refractivity contribution is 7.89. The van der Waals surface area contributed by atoms with Gasteiger partial charge in [0.05, 0.1) is 15.6 Å². The minimum absolute atomic E-state index is 0.170. The van der Waals surface area contributed by atoms with Crippen molar-refractivity contribution in [2.45, 2.75) is 37.5 Å². The van der Waals surface area contributed by atoms with Crippen molar-refractivity contribution in [2.24, 2.45) is 0 Å². The monoisotopic (exact) mass is 330 g/mol. The van der Waals surface area contributed by atoms with Crippen molar-refractivity contribution in [3.8, 4) is 0 Å². The second-order valence-corrected chi connectivity index (χ2v) is 7.49. The van der Waals surface area contributed by atoms with Crippen molar-refractivity contribution in [1.82, 2.24) is 4.31 Å². The summed E-state index contributed by atoms with van der Waals surface area (Å²) in [6.07, 6.45) is 3.90. The van der Waals surface area contributed by atoms with E-state index in [0.29, 0.717) is 18.8 Å². The number of nitrogens with zero attached hydrogens (tertiary/aromatic N) is 1. The topological polar surface area (TPSA) is 66.5 Å². The fourth-order valence-electron chi connectivity index (χ4n) is 2.38. The van der Waals surface area contributed by atoms with Crippen LogP contribution in [0, 0.1) is 0 Å². The summed E-state index contributed by atoms with van der Waals surface area (Å²) >= 11 is 6.05. The molecule has 7 heteroatoms. The van der Waals surface area contributed by atoms with Gasteiger partial charge in [-0.15, -0.1) is 0 Å². The molecule has 1 heterocycles. The minimum Gasteiger partial charge on any atom is -0.325 e. The van der Waals surface area contributed by atoms with E-state index >= 15 is 0 Å². The molecule has 1 aromatic carbocycles. The van der Waals surface area contributed by atoms with Crippen molar-refractivity contribution in [1.29, 1.82) is 0 Å². The Morgan fingerprint density at radius 2 is 1.81 bits per heavy atom. The predicted octanol–water partition coefficient (Wildman–Crippen LogP) is 2.86. The zero-order valence-corrected chi connectivity index (χ0v) is 13.5. The molecule has 1 fully saturated rings. The fraction of sp³-hybridized carbons (Fsp3) is 0.500. The Labute approximate surface area is 130 Å².